The molecule has 0 aliphatic carbocycles. The van der Waals surface area contributed by atoms with E-state index in [1.165, 1.54) is 0 Å². The smallest absolute Gasteiger partial charge is 0.323 e. The van der Waals surface area contributed by atoms with E-state index in [2.05, 4.69) is 5.32 Å². The zero-order valence-corrected chi connectivity index (χ0v) is 9.28. The van der Waals surface area contributed by atoms with Gasteiger partial charge in [0.2, 0.25) is 0 Å². The summed E-state index contributed by atoms with van der Waals surface area (Å²) in [5, 5.41) is 2.56. The maximum Gasteiger partial charge on any atom is 0.323 e. The van der Waals surface area contributed by atoms with Crippen LogP contribution in [0.4, 0.5) is 0 Å². The zero-order valence-electron chi connectivity index (χ0n) is 9.28. The summed E-state index contributed by atoms with van der Waals surface area (Å²) in [5.74, 6) is 3.27. The van der Waals surface area contributed by atoms with E-state index in [0.717, 1.165) is 11.1 Å². The number of nitrogens with two attached hydrogens (primary N) is 1. The van der Waals surface area contributed by atoms with Crippen LogP contribution in [0.2, 0.25) is 0 Å². The van der Waals surface area contributed by atoms with Gasteiger partial charge in [-0.25, -0.2) is 5.84 Å². The number of rotatable bonds is 2. The average molecular weight is 221 g/mol. The minimum absolute atomic E-state index is 0.231. The first-order chi connectivity index (χ1) is 7.56. The molecule has 5 heteroatoms. The number of benzene rings is 1. The summed E-state index contributed by atoms with van der Waals surface area (Å²) >= 11 is 0. The fourth-order valence-corrected chi connectivity index (χ4v) is 1.48. The number of carbonyl (C=O) groups excluding carboxylic acids is 2. The molecule has 5 nitrogen and oxygen atoms in total. The number of hydrogen-bond donors (Lipinski definition) is 3. The largest absolute Gasteiger partial charge is 0.341 e. The molecule has 0 aromatic heterocycles. The van der Waals surface area contributed by atoms with Gasteiger partial charge in [-0.3, -0.25) is 15.0 Å². The number of aryl methyl sites for hydroxylation is 1. The molecule has 0 spiro atoms. The van der Waals surface area contributed by atoms with Crippen molar-refractivity contribution in [1.82, 2.24) is 10.7 Å². The number of hydrogen-bond acceptors (Lipinski definition) is 3. The molecule has 4 N–H and O–H groups in total. The van der Waals surface area contributed by atoms with Crippen molar-refractivity contribution in [2.45, 2.75) is 19.9 Å². The minimum atomic E-state index is -0.847. The molecular weight excluding hydrogens is 206 g/mol. The lowest BCUT2D eigenvalue weighted by molar-refractivity contribution is -0.139. The fraction of sp³-hybridized carbons (Fsp3) is 0.273. The van der Waals surface area contributed by atoms with Crippen molar-refractivity contribution in [2.75, 3.05) is 0 Å². The highest BCUT2D eigenvalue weighted by molar-refractivity contribution is 6.34. The summed E-state index contributed by atoms with van der Waals surface area (Å²) in [5.41, 5.74) is 3.82. The van der Waals surface area contributed by atoms with E-state index in [1.54, 1.807) is 5.43 Å². The first-order valence-electron chi connectivity index (χ1n) is 4.93. The van der Waals surface area contributed by atoms with Crippen molar-refractivity contribution in [3.05, 3.63) is 35.4 Å². The lowest BCUT2D eigenvalue weighted by Gasteiger charge is -2.15. The van der Waals surface area contributed by atoms with E-state index in [-0.39, 0.29) is 6.04 Å². The van der Waals surface area contributed by atoms with Crippen LogP contribution >= 0.6 is 0 Å². The van der Waals surface area contributed by atoms with Crippen LogP contribution in [0, 0.1) is 6.92 Å². The van der Waals surface area contributed by atoms with E-state index in [4.69, 9.17) is 5.84 Å². The van der Waals surface area contributed by atoms with Crippen LogP contribution in [0.1, 0.15) is 24.1 Å². The van der Waals surface area contributed by atoms with Gasteiger partial charge in [0, 0.05) is 0 Å². The van der Waals surface area contributed by atoms with Gasteiger partial charge in [0.05, 0.1) is 6.04 Å². The Labute approximate surface area is 94.0 Å². The second kappa shape index (κ2) is 5.27. The molecule has 0 saturated heterocycles. The second-order valence-corrected chi connectivity index (χ2v) is 3.53. The Balaban J connectivity index is 2.73. The maximum absolute atomic E-state index is 11.3. The molecule has 0 heterocycles. The SMILES string of the molecule is Cc1ccccc1C(C)NC(=O)C(=O)NN. The lowest BCUT2D eigenvalue weighted by atomic mass is 10.0. The highest BCUT2D eigenvalue weighted by Crippen LogP contribution is 2.16. The molecule has 16 heavy (non-hydrogen) atoms. The van der Waals surface area contributed by atoms with E-state index < -0.39 is 11.8 Å². The Morgan fingerprint density at radius 2 is 1.88 bits per heavy atom. The van der Waals surface area contributed by atoms with E-state index >= 15 is 0 Å². The Hall–Kier alpha value is -1.88. The fourth-order valence-electron chi connectivity index (χ4n) is 1.48. The van der Waals surface area contributed by atoms with Crippen molar-refractivity contribution in [2.24, 2.45) is 5.84 Å². The molecule has 2 amide bonds. The van der Waals surface area contributed by atoms with Gasteiger partial charge in [0.1, 0.15) is 0 Å². The predicted octanol–water partition coefficient (Wildman–Crippen LogP) is 0.162. The molecule has 0 aliphatic rings. The third-order valence-corrected chi connectivity index (χ3v) is 2.34. The van der Waals surface area contributed by atoms with Crippen molar-refractivity contribution in [3.63, 3.8) is 0 Å². The number of hydrazine groups is 1. The van der Waals surface area contributed by atoms with Gasteiger partial charge in [0.25, 0.3) is 0 Å². The Kier molecular flexibility index (Phi) is 4.02. The van der Waals surface area contributed by atoms with Crippen LogP contribution in [0.15, 0.2) is 24.3 Å². The van der Waals surface area contributed by atoms with Gasteiger partial charge >= 0.3 is 11.8 Å². The van der Waals surface area contributed by atoms with Crippen molar-refractivity contribution < 1.29 is 9.59 Å². The van der Waals surface area contributed by atoms with Gasteiger partial charge < -0.3 is 5.32 Å². The second-order valence-electron chi connectivity index (χ2n) is 3.53. The van der Waals surface area contributed by atoms with Crippen LogP contribution in [0.25, 0.3) is 0 Å². The van der Waals surface area contributed by atoms with Crippen molar-refractivity contribution in [3.8, 4) is 0 Å². The van der Waals surface area contributed by atoms with E-state index in [1.807, 2.05) is 38.1 Å². The quantitative estimate of drug-likeness (QED) is 0.288. The lowest BCUT2D eigenvalue weighted by Crippen LogP contribution is -2.43. The summed E-state index contributed by atoms with van der Waals surface area (Å²) in [4.78, 5) is 22.2. The third-order valence-electron chi connectivity index (χ3n) is 2.34. The molecular formula is C11H15N3O2. The molecule has 0 radical (unpaired) electrons. The van der Waals surface area contributed by atoms with Crippen LogP contribution in [0.3, 0.4) is 0 Å². The summed E-state index contributed by atoms with van der Waals surface area (Å²) in [7, 11) is 0. The summed E-state index contributed by atoms with van der Waals surface area (Å²) in [6.07, 6.45) is 0. The molecule has 0 bridgehead atoms. The van der Waals surface area contributed by atoms with Crippen LogP contribution in [-0.4, -0.2) is 11.8 Å². The molecule has 1 rings (SSSR count). The monoisotopic (exact) mass is 221 g/mol. The van der Waals surface area contributed by atoms with Crippen LogP contribution < -0.4 is 16.6 Å². The van der Waals surface area contributed by atoms with Gasteiger partial charge in [0.15, 0.2) is 0 Å². The molecule has 86 valence electrons. The van der Waals surface area contributed by atoms with E-state index in [9.17, 15) is 9.59 Å². The molecule has 0 fully saturated rings. The molecule has 1 unspecified atom stereocenters. The first kappa shape index (κ1) is 12.2. The van der Waals surface area contributed by atoms with Crippen molar-refractivity contribution >= 4 is 11.8 Å². The minimum Gasteiger partial charge on any atom is -0.341 e. The summed E-state index contributed by atoms with van der Waals surface area (Å²) in [6, 6.07) is 7.42. The summed E-state index contributed by atoms with van der Waals surface area (Å²) in [6.45, 7) is 3.75. The first-order valence-corrected chi connectivity index (χ1v) is 4.93. The summed E-state index contributed by atoms with van der Waals surface area (Å²) < 4.78 is 0. The predicted molar refractivity (Wildman–Crippen MR) is 60.1 cm³/mol. The molecule has 0 saturated carbocycles. The molecule has 1 atom stereocenters. The van der Waals surface area contributed by atoms with Gasteiger partial charge in [-0.15, -0.1) is 0 Å². The number of nitrogens with one attached hydrogen (secondary N) is 2. The zero-order chi connectivity index (χ0) is 12.1. The van der Waals surface area contributed by atoms with Gasteiger partial charge in [-0.05, 0) is 25.0 Å². The number of carbonyl (C=O) groups is 2. The Morgan fingerprint density at radius 1 is 1.25 bits per heavy atom. The maximum atomic E-state index is 11.3. The molecule has 1 aromatic carbocycles. The van der Waals surface area contributed by atoms with Crippen LogP contribution in [-0.2, 0) is 9.59 Å². The topological polar surface area (TPSA) is 84.2 Å². The highest BCUT2D eigenvalue weighted by atomic mass is 16.2. The van der Waals surface area contributed by atoms with Crippen molar-refractivity contribution in [1.29, 1.82) is 0 Å². The normalized spacial score (nSPS) is 11.7. The molecule has 1 aromatic rings. The van der Waals surface area contributed by atoms with Gasteiger partial charge in [-0.2, -0.15) is 0 Å². The van der Waals surface area contributed by atoms with Crippen LogP contribution in [0.5, 0.6) is 0 Å². The Morgan fingerprint density at radius 3 is 2.44 bits per heavy atom. The Bertz CT molecular complexity index is 404. The number of amides is 2. The van der Waals surface area contributed by atoms with E-state index in [0.29, 0.717) is 0 Å². The third kappa shape index (κ3) is 2.80. The van der Waals surface area contributed by atoms with Gasteiger partial charge in [-0.1, -0.05) is 24.3 Å². The standard InChI is InChI=1S/C11H15N3O2/c1-7-5-3-4-6-9(7)8(2)13-10(15)11(16)14-12/h3-6,8H,12H2,1-2H3,(H,13,15)(H,14,16). The average Bonchev–Trinajstić information content (AvgIpc) is 2.28. The highest BCUT2D eigenvalue weighted by Gasteiger charge is 2.16. The molecule has 0 aliphatic heterocycles.